The monoisotopic (exact) mass is 266 g/mol. The first-order valence-electron chi connectivity index (χ1n) is 6.71. The maximum atomic E-state index is 9.09. The smallest absolute Gasteiger partial charge is 0.144 e. The van der Waals surface area contributed by atoms with Gasteiger partial charge in [-0.3, -0.25) is 9.88 Å². The summed E-state index contributed by atoms with van der Waals surface area (Å²) in [5, 5.41) is 9.09. The molecule has 0 atom stereocenters. The molecule has 0 aliphatic heterocycles. The van der Waals surface area contributed by atoms with Crippen molar-refractivity contribution in [3.63, 3.8) is 0 Å². The second-order valence-electron chi connectivity index (χ2n) is 4.70. The van der Waals surface area contributed by atoms with Gasteiger partial charge in [0, 0.05) is 30.5 Å². The van der Waals surface area contributed by atoms with E-state index in [9.17, 15) is 0 Å². The summed E-state index contributed by atoms with van der Waals surface area (Å²) in [5.74, 6) is 0. The standard InChI is InChI=1S/C16H18N4/c1-3-20(12-15-8-4-6-13(2)19-15)11-14-7-5-9-18-16(14)10-17/h4-9H,3,11-12H2,1-2H3. The number of aryl methyl sites for hydroxylation is 1. The Balaban J connectivity index is 2.11. The number of pyridine rings is 2. The first-order valence-corrected chi connectivity index (χ1v) is 6.71. The van der Waals surface area contributed by atoms with Crippen LogP contribution in [0.4, 0.5) is 0 Å². The topological polar surface area (TPSA) is 52.8 Å². The van der Waals surface area contributed by atoms with E-state index in [-0.39, 0.29) is 0 Å². The molecule has 2 aromatic rings. The van der Waals surface area contributed by atoms with Crippen molar-refractivity contribution in [1.82, 2.24) is 14.9 Å². The first-order chi connectivity index (χ1) is 9.72. The quantitative estimate of drug-likeness (QED) is 0.835. The lowest BCUT2D eigenvalue weighted by Gasteiger charge is -2.20. The molecule has 0 amide bonds. The van der Waals surface area contributed by atoms with Crippen LogP contribution in [0.1, 0.15) is 29.6 Å². The molecule has 4 nitrogen and oxygen atoms in total. The van der Waals surface area contributed by atoms with E-state index in [0.29, 0.717) is 12.2 Å². The molecule has 2 heterocycles. The highest BCUT2D eigenvalue weighted by Crippen LogP contribution is 2.11. The summed E-state index contributed by atoms with van der Waals surface area (Å²) in [5.41, 5.74) is 3.54. The van der Waals surface area contributed by atoms with E-state index in [2.05, 4.69) is 27.9 Å². The minimum Gasteiger partial charge on any atom is -0.293 e. The minimum atomic E-state index is 0.503. The Morgan fingerprint density at radius 2 is 2.05 bits per heavy atom. The average Bonchev–Trinajstić information content (AvgIpc) is 2.47. The van der Waals surface area contributed by atoms with Crippen molar-refractivity contribution in [3.8, 4) is 6.07 Å². The number of rotatable bonds is 5. The fraction of sp³-hybridized carbons (Fsp3) is 0.312. The Bertz CT molecular complexity index is 616. The minimum absolute atomic E-state index is 0.503. The van der Waals surface area contributed by atoms with Gasteiger partial charge in [0.25, 0.3) is 0 Å². The zero-order chi connectivity index (χ0) is 14.4. The van der Waals surface area contributed by atoms with Gasteiger partial charge in [-0.1, -0.05) is 19.1 Å². The zero-order valence-corrected chi connectivity index (χ0v) is 11.9. The molecule has 4 heteroatoms. The molecule has 0 bridgehead atoms. The van der Waals surface area contributed by atoms with Crippen LogP contribution in [0.2, 0.25) is 0 Å². The third kappa shape index (κ3) is 3.62. The number of hydrogen-bond acceptors (Lipinski definition) is 4. The van der Waals surface area contributed by atoms with E-state index in [1.807, 2.05) is 37.3 Å². The molecular formula is C16H18N4. The van der Waals surface area contributed by atoms with Gasteiger partial charge in [-0.05, 0) is 31.7 Å². The van der Waals surface area contributed by atoms with E-state index in [0.717, 1.165) is 30.0 Å². The molecule has 2 rings (SSSR count). The number of aromatic nitrogens is 2. The molecule has 0 unspecified atom stereocenters. The van der Waals surface area contributed by atoms with E-state index >= 15 is 0 Å². The number of nitrogens with zero attached hydrogens (tertiary/aromatic N) is 4. The van der Waals surface area contributed by atoms with Crippen LogP contribution in [0.15, 0.2) is 36.5 Å². The summed E-state index contributed by atoms with van der Waals surface area (Å²) in [4.78, 5) is 10.9. The van der Waals surface area contributed by atoms with Crippen molar-refractivity contribution in [2.75, 3.05) is 6.54 Å². The summed E-state index contributed by atoms with van der Waals surface area (Å²) < 4.78 is 0. The van der Waals surface area contributed by atoms with Crippen LogP contribution in [0.5, 0.6) is 0 Å². The van der Waals surface area contributed by atoms with E-state index in [4.69, 9.17) is 5.26 Å². The Morgan fingerprint density at radius 3 is 2.75 bits per heavy atom. The molecule has 0 N–H and O–H groups in total. The predicted molar refractivity (Wildman–Crippen MR) is 77.7 cm³/mol. The number of hydrogen-bond donors (Lipinski definition) is 0. The second-order valence-corrected chi connectivity index (χ2v) is 4.70. The van der Waals surface area contributed by atoms with Gasteiger partial charge in [0.1, 0.15) is 11.8 Å². The molecule has 0 saturated heterocycles. The zero-order valence-electron chi connectivity index (χ0n) is 11.9. The molecule has 102 valence electrons. The highest BCUT2D eigenvalue weighted by atomic mass is 15.1. The molecule has 0 saturated carbocycles. The molecule has 0 aliphatic rings. The Morgan fingerprint density at radius 1 is 1.20 bits per heavy atom. The molecular weight excluding hydrogens is 248 g/mol. The summed E-state index contributed by atoms with van der Waals surface area (Å²) in [6.45, 7) is 6.49. The van der Waals surface area contributed by atoms with Gasteiger partial charge in [0.05, 0.1) is 5.69 Å². The van der Waals surface area contributed by atoms with Crippen molar-refractivity contribution in [2.45, 2.75) is 26.9 Å². The maximum Gasteiger partial charge on any atom is 0.144 e. The van der Waals surface area contributed by atoms with E-state index in [1.54, 1.807) is 6.20 Å². The molecule has 0 aromatic carbocycles. The third-order valence-corrected chi connectivity index (χ3v) is 3.17. The molecule has 0 radical (unpaired) electrons. The van der Waals surface area contributed by atoms with Gasteiger partial charge in [-0.2, -0.15) is 5.26 Å². The predicted octanol–water partition coefficient (Wildman–Crippen LogP) is 2.68. The van der Waals surface area contributed by atoms with Crippen LogP contribution in [-0.4, -0.2) is 21.4 Å². The van der Waals surface area contributed by atoms with Crippen LogP contribution in [0, 0.1) is 18.3 Å². The van der Waals surface area contributed by atoms with E-state index < -0.39 is 0 Å². The lowest BCUT2D eigenvalue weighted by Crippen LogP contribution is -2.23. The fourth-order valence-electron chi connectivity index (χ4n) is 2.10. The molecule has 0 spiro atoms. The lowest BCUT2D eigenvalue weighted by atomic mass is 10.2. The highest BCUT2D eigenvalue weighted by molar-refractivity contribution is 5.30. The Labute approximate surface area is 119 Å². The first kappa shape index (κ1) is 14.2. The van der Waals surface area contributed by atoms with Gasteiger partial charge in [-0.25, -0.2) is 4.98 Å². The van der Waals surface area contributed by atoms with Gasteiger partial charge in [-0.15, -0.1) is 0 Å². The van der Waals surface area contributed by atoms with Gasteiger partial charge >= 0.3 is 0 Å². The Hall–Kier alpha value is -2.25. The van der Waals surface area contributed by atoms with Crippen molar-refractivity contribution >= 4 is 0 Å². The molecule has 0 aliphatic carbocycles. The van der Waals surface area contributed by atoms with Crippen LogP contribution in [0.25, 0.3) is 0 Å². The van der Waals surface area contributed by atoms with E-state index in [1.165, 1.54) is 0 Å². The van der Waals surface area contributed by atoms with Gasteiger partial charge in [0.2, 0.25) is 0 Å². The number of nitriles is 1. The van der Waals surface area contributed by atoms with Crippen LogP contribution in [-0.2, 0) is 13.1 Å². The van der Waals surface area contributed by atoms with Crippen LogP contribution in [0.3, 0.4) is 0 Å². The highest BCUT2D eigenvalue weighted by Gasteiger charge is 2.09. The van der Waals surface area contributed by atoms with Crippen molar-refractivity contribution < 1.29 is 0 Å². The SMILES string of the molecule is CCN(Cc1cccc(C)n1)Cc1cccnc1C#N. The van der Waals surface area contributed by atoms with Crippen molar-refractivity contribution in [2.24, 2.45) is 0 Å². The molecule has 2 aromatic heterocycles. The Kier molecular flexibility index (Phi) is 4.80. The second kappa shape index (κ2) is 6.78. The maximum absolute atomic E-state index is 9.09. The van der Waals surface area contributed by atoms with Crippen LogP contribution < -0.4 is 0 Å². The van der Waals surface area contributed by atoms with Crippen LogP contribution >= 0.6 is 0 Å². The summed E-state index contributed by atoms with van der Waals surface area (Å²) in [7, 11) is 0. The average molecular weight is 266 g/mol. The van der Waals surface area contributed by atoms with Crippen molar-refractivity contribution in [3.05, 3.63) is 59.2 Å². The third-order valence-electron chi connectivity index (χ3n) is 3.17. The summed E-state index contributed by atoms with van der Waals surface area (Å²) in [6, 6.07) is 12.0. The van der Waals surface area contributed by atoms with Crippen molar-refractivity contribution in [1.29, 1.82) is 5.26 Å². The van der Waals surface area contributed by atoms with Gasteiger partial charge < -0.3 is 0 Å². The summed E-state index contributed by atoms with van der Waals surface area (Å²) in [6.07, 6.45) is 1.65. The summed E-state index contributed by atoms with van der Waals surface area (Å²) >= 11 is 0. The normalized spacial score (nSPS) is 10.5. The molecule has 0 fully saturated rings. The fourth-order valence-corrected chi connectivity index (χ4v) is 2.10. The lowest BCUT2D eigenvalue weighted by molar-refractivity contribution is 0.267. The van der Waals surface area contributed by atoms with Gasteiger partial charge in [0.15, 0.2) is 0 Å². The molecule has 20 heavy (non-hydrogen) atoms. The largest absolute Gasteiger partial charge is 0.293 e.